The summed E-state index contributed by atoms with van der Waals surface area (Å²) in [7, 11) is 0. The molecule has 0 bridgehead atoms. The minimum atomic E-state index is -0.468. The van der Waals surface area contributed by atoms with Crippen molar-refractivity contribution in [3.05, 3.63) is 62.3 Å². The van der Waals surface area contributed by atoms with Crippen molar-refractivity contribution >= 4 is 22.9 Å². The Morgan fingerprint density at radius 1 is 1.24 bits per heavy atom. The van der Waals surface area contributed by atoms with E-state index >= 15 is 0 Å². The summed E-state index contributed by atoms with van der Waals surface area (Å²) >= 11 is 1.71. The number of likely N-dealkylation sites (tertiary alicyclic amines) is 1. The van der Waals surface area contributed by atoms with Crippen LogP contribution in [-0.4, -0.2) is 34.9 Å². The molecular formula is C18H21N3O3S. The van der Waals surface area contributed by atoms with Gasteiger partial charge in [0.2, 0.25) is 0 Å². The normalized spacial score (nSPS) is 17.2. The first kappa shape index (κ1) is 17.6. The molecular weight excluding hydrogens is 338 g/mol. The molecule has 0 radical (unpaired) electrons. The highest BCUT2D eigenvalue weighted by atomic mass is 32.1. The number of nitro groups is 1. The van der Waals surface area contributed by atoms with Crippen LogP contribution in [0.15, 0.2) is 41.8 Å². The van der Waals surface area contributed by atoms with Gasteiger partial charge in [-0.3, -0.25) is 19.8 Å². The van der Waals surface area contributed by atoms with E-state index < -0.39 is 4.92 Å². The van der Waals surface area contributed by atoms with Crippen LogP contribution in [0.3, 0.4) is 0 Å². The van der Waals surface area contributed by atoms with E-state index in [4.69, 9.17) is 0 Å². The molecule has 0 aliphatic carbocycles. The molecule has 1 fully saturated rings. The molecule has 3 rings (SSSR count). The van der Waals surface area contributed by atoms with Crippen LogP contribution in [0.1, 0.15) is 41.0 Å². The highest BCUT2D eigenvalue weighted by molar-refractivity contribution is 7.10. The third-order valence-corrected chi connectivity index (χ3v) is 5.48. The lowest BCUT2D eigenvalue weighted by molar-refractivity contribution is -0.384. The molecule has 6 nitrogen and oxygen atoms in total. The number of thiophene rings is 1. The standard InChI is InChI=1S/C18H21N3O3S/c1-13(17(16-5-4-12-25-16)20-10-2-3-11-20)19-18(22)14-6-8-15(9-7-14)21(23)24/h4-9,12-13,17H,2-3,10-11H2,1H3,(H,19,22)/t13-,17+/m0/s1. The van der Waals surface area contributed by atoms with Gasteiger partial charge in [-0.25, -0.2) is 0 Å². The number of carbonyl (C=O) groups is 1. The van der Waals surface area contributed by atoms with Crippen molar-refractivity contribution in [3.8, 4) is 0 Å². The van der Waals surface area contributed by atoms with Crippen molar-refractivity contribution in [1.29, 1.82) is 0 Å². The van der Waals surface area contributed by atoms with Crippen LogP contribution < -0.4 is 5.32 Å². The average molecular weight is 359 g/mol. The zero-order valence-electron chi connectivity index (χ0n) is 14.1. The molecule has 25 heavy (non-hydrogen) atoms. The number of nitrogens with one attached hydrogen (secondary N) is 1. The summed E-state index contributed by atoms with van der Waals surface area (Å²) in [6, 6.07) is 9.96. The van der Waals surface area contributed by atoms with E-state index in [2.05, 4.69) is 21.7 Å². The third kappa shape index (κ3) is 4.05. The van der Waals surface area contributed by atoms with Gasteiger partial charge in [-0.15, -0.1) is 11.3 Å². The molecule has 1 aromatic heterocycles. The van der Waals surface area contributed by atoms with E-state index in [0.717, 1.165) is 13.1 Å². The monoisotopic (exact) mass is 359 g/mol. The first-order valence-electron chi connectivity index (χ1n) is 8.39. The number of benzene rings is 1. The van der Waals surface area contributed by atoms with Gasteiger partial charge in [0, 0.05) is 28.6 Å². The molecule has 132 valence electrons. The molecule has 2 heterocycles. The second-order valence-corrected chi connectivity index (χ2v) is 7.25. The number of rotatable bonds is 6. The lowest BCUT2D eigenvalue weighted by Crippen LogP contribution is -2.43. The molecule has 0 unspecified atom stereocenters. The molecule has 1 N–H and O–H groups in total. The van der Waals surface area contributed by atoms with E-state index in [1.807, 2.05) is 13.0 Å². The molecule has 1 aliphatic heterocycles. The number of nitrogens with zero attached hydrogens (tertiary/aromatic N) is 2. The maximum absolute atomic E-state index is 12.5. The quantitative estimate of drug-likeness (QED) is 0.631. The van der Waals surface area contributed by atoms with E-state index in [1.54, 1.807) is 11.3 Å². The van der Waals surface area contributed by atoms with Gasteiger partial charge < -0.3 is 5.32 Å². The SMILES string of the molecule is C[C@H](NC(=O)c1ccc([N+](=O)[O-])cc1)[C@H](c1cccs1)N1CCCC1. The predicted octanol–water partition coefficient (Wildman–Crippen LogP) is 3.61. The predicted molar refractivity (Wildman–Crippen MR) is 97.9 cm³/mol. The Balaban J connectivity index is 1.73. The molecule has 0 spiro atoms. The first-order chi connectivity index (χ1) is 12.1. The second-order valence-electron chi connectivity index (χ2n) is 6.27. The molecule has 2 atom stereocenters. The van der Waals surface area contributed by atoms with Crippen LogP contribution in [0.4, 0.5) is 5.69 Å². The van der Waals surface area contributed by atoms with Gasteiger partial charge in [-0.2, -0.15) is 0 Å². The molecule has 1 amide bonds. The van der Waals surface area contributed by atoms with Crippen LogP contribution in [0.2, 0.25) is 0 Å². The number of hydrogen-bond donors (Lipinski definition) is 1. The number of amides is 1. The second kappa shape index (κ2) is 7.76. The van der Waals surface area contributed by atoms with Gasteiger partial charge in [0.15, 0.2) is 0 Å². The lowest BCUT2D eigenvalue weighted by Gasteiger charge is -2.32. The van der Waals surface area contributed by atoms with Gasteiger partial charge in [-0.05, 0) is 56.4 Å². The van der Waals surface area contributed by atoms with Crippen LogP contribution >= 0.6 is 11.3 Å². The summed E-state index contributed by atoms with van der Waals surface area (Å²) < 4.78 is 0. The van der Waals surface area contributed by atoms with Crippen LogP contribution in [0, 0.1) is 10.1 Å². The Morgan fingerprint density at radius 3 is 2.48 bits per heavy atom. The smallest absolute Gasteiger partial charge is 0.269 e. The van der Waals surface area contributed by atoms with E-state index in [-0.39, 0.29) is 23.7 Å². The highest BCUT2D eigenvalue weighted by Gasteiger charge is 2.30. The lowest BCUT2D eigenvalue weighted by atomic mass is 10.1. The summed E-state index contributed by atoms with van der Waals surface area (Å²) in [6.07, 6.45) is 2.37. The molecule has 1 saturated heterocycles. The number of nitro benzene ring substituents is 1. The Hall–Kier alpha value is -2.25. The maximum atomic E-state index is 12.5. The fourth-order valence-electron chi connectivity index (χ4n) is 3.33. The topological polar surface area (TPSA) is 75.5 Å². The summed E-state index contributed by atoms with van der Waals surface area (Å²) in [4.78, 5) is 26.5. The Kier molecular flexibility index (Phi) is 5.45. The summed E-state index contributed by atoms with van der Waals surface area (Å²) in [5.41, 5.74) is 0.418. The zero-order valence-corrected chi connectivity index (χ0v) is 14.9. The largest absolute Gasteiger partial charge is 0.348 e. The van der Waals surface area contributed by atoms with E-state index in [0.29, 0.717) is 5.56 Å². The Bertz CT molecular complexity index is 725. The molecule has 2 aromatic rings. The molecule has 7 heteroatoms. The van der Waals surface area contributed by atoms with Gasteiger partial charge in [0.1, 0.15) is 0 Å². The minimum absolute atomic E-state index is 0.0156. The summed E-state index contributed by atoms with van der Waals surface area (Å²) in [6.45, 7) is 4.10. The maximum Gasteiger partial charge on any atom is 0.269 e. The van der Waals surface area contributed by atoms with Gasteiger partial charge in [-0.1, -0.05) is 6.07 Å². The fraction of sp³-hybridized carbons (Fsp3) is 0.389. The number of non-ortho nitro benzene ring substituents is 1. The van der Waals surface area contributed by atoms with Crippen LogP contribution in [0.25, 0.3) is 0 Å². The van der Waals surface area contributed by atoms with E-state index in [1.165, 1.54) is 42.0 Å². The van der Waals surface area contributed by atoms with Gasteiger partial charge in [0.05, 0.1) is 11.0 Å². The van der Waals surface area contributed by atoms with Crippen molar-refractivity contribution in [2.45, 2.75) is 31.8 Å². The third-order valence-electron chi connectivity index (χ3n) is 4.54. The van der Waals surface area contributed by atoms with Crippen molar-refractivity contribution in [2.24, 2.45) is 0 Å². The molecule has 1 aromatic carbocycles. The summed E-state index contributed by atoms with van der Waals surface area (Å²) in [5, 5.41) is 15.9. The Morgan fingerprint density at radius 2 is 1.92 bits per heavy atom. The Labute approximate surface area is 150 Å². The van der Waals surface area contributed by atoms with Crippen LogP contribution in [0.5, 0.6) is 0 Å². The van der Waals surface area contributed by atoms with Crippen molar-refractivity contribution in [3.63, 3.8) is 0 Å². The van der Waals surface area contributed by atoms with Crippen molar-refractivity contribution in [1.82, 2.24) is 10.2 Å². The molecule has 0 saturated carbocycles. The summed E-state index contributed by atoms with van der Waals surface area (Å²) in [5.74, 6) is -0.205. The highest BCUT2D eigenvalue weighted by Crippen LogP contribution is 2.31. The first-order valence-corrected chi connectivity index (χ1v) is 9.27. The van der Waals surface area contributed by atoms with Crippen LogP contribution in [-0.2, 0) is 0 Å². The number of carbonyl (C=O) groups excluding carboxylic acids is 1. The van der Waals surface area contributed by atoms with Crippen molar-refractivity contribution < 1.29 is 9.72 Å². The zero-order chi connectivity index (χ0) is 17.8. The van der Waals surface area contributed by atoms with Gasteiger partial charge in [0.25, 0.3) is 11.6 Å². The van der Waals surface area contributed by atoms with Gasteiger partial charge >= 0.3 is 0 Å². The minimum Gasteiger partial charge on any atom is -0.348 e. The molecule has 1 aliphatic rings. The average Bonchev–Trinajstić information content (AvgIpc) is 3.29. The van der Waals surface area contributed by atoms with Crippen molar-refractivity contribution in [2.75, 3.05) is 13.1 Å². The van der Waals surface area contributed by atoms with E-state index in [9.17, 15) is 14.9 Å². The fourth-order valence-corrected chi connectivity index (χ4v) is 4.29. The number of hydrogen-bond acceptors (Lipinski definition) is 5.